The van der Waals surface area contributed by atoms with E-state index in [1.807, 2.05) is 0 Å². The van der Waals surface area contributed by atoms with Crippen LogP contribution < -0.4 is 5.32 Å². The van der Waals surface area contributed by atoms with E-state index >= 15 is 0 Å². The van der Waals surface area contributed by atoms with Crippen LogP contribution in [0.4, 0.5) is 10.1 Å². The normalized spacial score (nSPS) is 25.7. The number of halogens is 1. The first-order valence-corrected chi connectivity index (χ1v) is 7.41. The van der Waals surface area contributed by atoms with Gasteiger partial charge in [0.05, 0.1) is 12.2 Å². The molecule has 0 aliphatic heterocycles. The van der Waals surface area contributed by atoms with E-state index in [0.717, 1.165) is 12.8 Å². The quantitative estimate of drug-likeness (QED) is 0.839. The van der Waals surface area contributed by atoms with E-state index in [1.54, 1.807) is 12.1 Å². The van der Waals surface area contributed by atoms with Crippen LogP contribution in [-0.4, -0.2) is 17.6 Å². The monoisotopic (exact) mass is 287 g/mol. The Hall–Kier alpha value is -1.86. The van der Waals surface area contributed by atoms with Crippen molar-refractivity contribution in [3.05, 3.63) is 29.6 Å². The number of hydrogen-bond donors (Lipinski definition) is 2. The fourth-order valence-electron chi connectivity index (χ4n) is 3.34. The molecule has 0 heterocycles. The van der Waals surface area contributed by atoms with E-state index in [-0.39, 0.29) is 24.0 Å². The lowest BCUT2D eigenvalue weighted by Gasteiger charge is -2.07. The third kappa shape index (κ3) is 2.93. The summed E-state index contributed by atoms with van der Waals surface area (Å²) in [5.74, 6) is 6.15. The van der Waals surface area contributed by atoms with E-state index < -0.39 is 5.82 Å². The number of rotatable bonds is 3. The molecule has 3 rings (SSSR count). The molecule has 2 aliphatic rings. The Morgan fingerprint density at radius 2 is 2.14 bits per heavy atom. The Morgan fingerprint density at radius 1 is 1.38 bits per heavy atom. The van der Waals surface area contributed by atoms with E-state index in [4.69, 9.17) is 5.11 Å². The number of carbonyl (C=O) groups excluding carboxylic acids is 1. The summed E-state index contributed by atoms with van der Waals surface area (Å²) in [5.41, 5.74) is 0.764. The number of fused-ring (bicyclic) bond motifs is 1. The molecule has 2 N–H and O–H groups in total. The van der Waals surface area contributed by atoms with Crippen molar-refractivity contribution in [3.8, 4) is 11.8 Å². The average Bonchev–Trinajstić information content (AvgIpc) is 2.95. The minimum Gasteiger partial charge on any atom is -0.395 e. The van der Waals surface area contributed by atoms with E-state index in [9.17, 15) is 9.18 Å². The average molecular weight is 287 g/mol. The van der Waals surface area contributed by atoms with Crippen molar-refractivity contribution >= 4 is 11.6 Å². The Kier molecular flexibility index (Phi) is 3.94. The van der Waals surface area contributed by atoms with Crippen LogP contribution >= 0.6 is 0 Å². The fourth-order valence-corrected chi connectivity index (χ4v) is 3.34. The fraction of sp³-hybridized carbons (Fsp3) is 0.471. The van der Waals surface area contributed by atoms with Crippen molar-refractivity contribution in [2.45, 2.75) is 25.7 Å². The van der Waals surface area contributed by atoms with Crippen molar-refractivity contribution in [1.29, 1.82) is 0 Å². The number of aliphatic hydroxyl groups excluding tert-OH is 1. The number of hydrogen-bond acceptors (Lipinski definition) is 2. The third-order valence-corrected chi connectivity index (χ3v) is 4.41. The molecule has 3 nitrogen and oxygen atoms in total. The molecule has 2 saturated carbocycles. The van der Waals surface area contributed by atoms with Gasteiger partial charge in [-0.25, -0.2) is 4.39 Å². The topological polar surface area (TPSA) is 49.3 Å². The van der Waals surface area contributed by atoms with E-state index in [2.05, 4.69) is 17.2 Å². The molecular formula is C17H18FNO2. The van der Waals surface area contributed by atoms with Gasteiger partial charge in [-0.1, -0.05) is 18.3 Å². The van der Waals surface area contributed by atoms with Crippen LogP contribution in [0.25, 0.3) is 0 Å². The number of anilines is 1. The van der Waals surface area contributed by atoms with Gasteiger partial charge in [-0.05, 0) is 42.9 Å². The lowest BCUT2D eigenvalue weighted by Crippen LogP contribution is -2.16. The Labute approximate surface area is 123 Å². The second-order valence-electron chi connectivity index (χ2n) is 5.74. The maximum absolute atomic E-state index is 13.9. The number of benzene rings is 1. The molecule has 1 amide bonds. The smallest absolute Gasteiger partial charge is 0.228 e. The molecule has 1 aromatic carbocycles. The van der Waals surface area contributed by atoms with Crippen molar-refractivity contribution in [2.75, 3.05) is 11.9 Å². The van der Waals surface area contributed by atoms with Crippen molar-refractivity contribution in [3.63, 3.8) is 0 Å². The van der Waals surface area contributed by atoms with E-state index in [0.29, 0.717) is 23.9 Å². The SMILES string of the molecule is O=C(Nc1ccc(C#CCCO)c(F)c1)C1C2CCCC21. The Bertz CT molecular complexity index is 607. The summed E-state index contributed by atoms with van der Waals surface area (Å²) in [4.78, 5) is 12.1. The standard InChI is InChI=1S/C17H18FNO2/c18-15-10-12(8-7-11(15)4-1-2-9-20)19-17(21)16-13-5-3-6-14(13)16/h7-8,10,13-14,16,20H,2-3,5-6,9H2,(H,19,21). The molecule has 2 aliphatic carbocycles. The van der Waals surface area contributed by atoms with Crippen LogP contribution in [0.1, 0.15) is 31.2 Å². The number of amides is 1. The van der Waals surface area contributed by atoms with Crippen LogP contribution in [0.15, 0.2) is 18.2 Å². The maximum atomic E-state index is 13.9. The zero-order valence-electron chi connectivity index (χ0n) is 11.7. The van der Waals surface area contributed by atoms with Crippen LogP contribution in [0.2, 0.25) is 0 Å². The second kappa shape index (κ2) is 5.87. The van der Waals surface area contributed by atoms with Gasteiger partial charge in [-0.3, -0.25) is 4.79 Å². The molecule has 0 aromatic heterocycles. The third-order valence-electron chi connectivity index (χ3n) is 4.41. The van der Waals surface area contributed by atoms with Gasteiger partial charge in [0.1, 0.15) is 5.82 Å². The molecular weight excluding hydrogens is 269 g/mol. The van der Waals surface area contributed by atoms with Crippen molar-refractivity contribution in [2.24, 2.45) is 17.8 Å². The highest BCUT2D eigenvalue weighted by molar-refractivity contribution is 5.95. The summed E-state index contributed by atoms with van der Waals surface area (Å²) < 4.78 is 13.9. The second-order valence-corrected chi connectivity index (χ2v) is 5.74. The highest BCUT2D eigenvalue weighted by Crippen LogP contribution is 2.57. The minimum absolute atomic E-state index is 0.0169. The molecule has 1 aromatic rings. The highest BCUT2D eigenvalue weighted by Gasteiger charge is 2.56. The molecule has 21 heavy (non-hydrogen) atoms. The van der Waals surface area contributed by atoms with Gasteiger partial charge in [0.15, 0.2) is 0 Å². The predicted octanol–water partition coefficient (Wildman–Crippen LogP) is 2.54. The Balaban J connectivity index is 1.63. The van der Waals surface area contributed by atoms with Gasteiger partial charge in [0.25, 0.3) is 0 Å². The number of carbonyl (C=O) groups is 1. The van der Waals surface area contributed by atoms with Gasteiger partial charge in [0.2, 0.25) is 5.91 Å². The molecule has 2 unspecified atom stereocenters. The maximum Gasteiger partial charge on any atom is 0.228 e. The van der Waals surface area contributed by atoms with Crippen LogP contribution in [-0.2, 0) is 4.79 Å². The summed E-state index contributed by atoms with van der Waals surface area (Å²) in [6, 6.07) is 4.53. The van der Waals surface area contributed by atoms with Gasteiger partial charge in [-0.15, -0.1) is 0 Å². The minimum atomic E-state index is -0.450. The van der Waals surface area contributed by atoms with Gasteiger partial charge in [-0.2, -0.15) is 0 Å². The van der Waals surface area contributed by atoms with Gasteiger partial charge >= 0.3 is 0 Å². The largest absolute Gasteiger partial charge is 0.395 e. The molecule has 0 radical (unpaired) electrons. The molecule has 2 fully saturated rings. The summed E-state index contributed by atoms with van der Waals surface area (Å²) in [7, 11) is 0. The summed E-state index contributed by atoms with van der Waals surface area (Å²) in [5, 5.41) is 11.4. The van der Waals surface area contributed by atoms with Gasteiger partial charge in [0, 0.05) is 18.0 Å². The molecule has 4 heteroatoms. The summed E-state index contributed by atoms with van der Waals surface area (Å²) in [6.07, 6.45) is 3.85. The van der Waals surface area contributed by atoms with Crippen molar-refractivity contribution < 1.29 is 14.3 Å². The highest BCUT2D eigenvalue weighted by atomic mass is 19.1. The molecule has 2 atom stereocenters. The first kappa shape index (κ1) is 14.1. The number of aliphatic hydroxyl groups is 1. The lowest BCUT2D eigenvalue weighted by molar-refractivity contribution is -0.118. The number of nitrogens with one attached hydrogen (secondary N) is 1. The van der Waals surface area contributed by atoms with Gasteiger partial charge < -0.3 is 10.4 Å². The Morgan fingerprint density at radius 3 is 2.81 bits per heavy atom. The molecule has 0 saturated heterocycles. The zero-order valence-corrected chi connectivity index (χ0v) is 11.7. The van der Waals surface area contributed by atoms with Crippen LogP contribution in [0.3, 0.4) is 0 Å². The van der Waals surface area contributed by atoms with Crippen molar-refractivity contribution in [1.82, 2.24) is 0 Å². The molecule has 110 valence electrons. The summed E-state index contributed by atoms with van der Waals surface area (Å²) in [6.45, 7) is -0.0352. The predicted molar refractivity (Wildman–Crippen MR) is 77.9 cm³/mol. The van der Waals surface area contributed by atoms with Crippen LogP contribution in [0.5, 0.6) is 0 Å². The first-order valence-electron chi connectivity index (χ1n) is 7.41. The summed E-state index contributed by atoms with van der Waals surface area (Å²) >= 11 is 0. The lowest BCUT2D eigenvalue weighted by atomic mass is 10.1. The van der Waals surface area contributed by atoms with Crippen LogP contribution in [0, 0.1) is 35.4 Å². The zero-order chi connectivity index (χ0) is 14.8. The molecule has 0 spiro atoms. The first-order chi connectivity index (χ1) is 10.2. The molecule has 0 bridgehead atoms. The van der Waals surface area contributed by atoms with E-state index in [1.165, 1.54) is 12.5 Å².